The van der Waals surface area contributed by atoms with E-state index in [1.165, 1.54) is 0 Å². The zero-order chi connectivity index (χ0) is 16.0. The van der Waals surface area contributed by atoms with Crippen LogP contribution in [0.25, 0.3) is 22.2 Å². The Morgan fingerprint density at radius 3 is 2.83 bits per heavy atom. The Kier molecular flexibility index (Phi) is 3.20. The van der Waals surface area contributed by atoms with Gasteiger partial charge in [0.1, 0.15) is 5.82 Å². The second-order valence-electron chi connectivity index (χ2n) is 6.46. The number of halogens is 1. The first-order valence-corrected chi connectivity index (χ1v) is 7.94. The number of hydrogen-bond donors (Lipinski definition) is 2. The minimum absolute atomic E-state index is 0.0611. The van der Waals surface area contributed by atoms with Crippen molar-refractivity contribution in [2.45, 2.75) is 31.6 Å². The van der Waals surface area contributed by atoms with Gasteiger partial charge in [0.2, 0.25) is 0 Å². The molecule has 4 nitrogen and oxygen atoms in total. The summed E-state index contributed by atoms with van der Waals surface area (Å²) in [5.74, 6) is -0.219. The Morgan fingerprint density at radius 1 is 1.30 bits per heavy atom. The van der Waals surface area contributed by atoms with E-state index >= 15 is 0 Å². The summed E-state index contributed by atoms with van der Waals surface area (Å²) in [5.41, 5.74) is 10.3. The van der Waals surface area contributed by atoms with Gasteiger partial charge in [0, 0.05) is 23.5 Å². The topological polar surface area (TPSA) is 67.6 Å². The molecule has 5 heteroatoms. The van der Waals surface area contributed by atoms with Crippen LogP contribution in [-0.4, -0.2) is 21.7 Å². The van der Waals surface area contributed by atoms with Crippen molar-refractivity contribution >= 4 is 11.0 Å². The highest BCUT2D eigenvalue weighted by molar-refractivity contribution is 5.94. The highest BCUT2D eigenvalue weighted by atomic mass is 19.1. The number of nitrogens with two attached hydrogens (primary N) is 1. The molecule has 1 aliphatic carbocycles. The maximum atomic E-state index is 14.3. The van der Waals surface area contributed by atoms with Crippen LogP contribution in [-0.2, 0) is 5.41 Å². The SMILES string of the molecule is Cc1n[nH]c2nccc(-c3cc(F)cc(C4(CN)CCC4)c3)c12. The fourth-order valence-electron chi connectivity index (χ4n) is 3.61. The zero-order valence-electron chi connectivity index (χ0n) is 13.1. The van der Waals surface area contributed by atoms with Crippen LogP contribution in [0.5, 0.6) is 0 Å². The van der Waals surface area contributed by atoms with Gasteiger partial charge in [0.25, 0.3) is 0 Å². The molecule has 0 unspecified atom stereocenters. The van der Waals surface area contributed by atoms with Crippen molar-refractivity contribution in [3.63, 3.8) is 0 Å². The number of fused-ring (bicyclic) bond motifs is 1. The molecular weight excluding hydrogens is 291 g/mol. The molecule has 0 atom stereocenters. The number of pyridine rings is 1. The Balaban J connectivity index is 1.92. The lowest BCUT2D eigenvalue weighted by Crippen LogP contribution is -2.41. The van der Waals surface area contributed by atoms with Crippen molar-refractivity contribution in [1.82, 2.24) is 15.2 Å². The number of aromatic nitrogens is 3. The van der Waals surface area contributed by atoms with Crippen molar-refractivity contribution in [3.05, 3.63) is 47.5 Å². The second-order valence-corrected chi connectivity index (χ2v) is 6.46. The van der Waals surface area contributed by atoms with Crippen molar-refractivity contribution in [1.29, 1.82) is 0 Å². The third kappa shape index (κ3) is 2.15. The van der Waals surface area contributed by atoms with Crippen molar-refractivity contribution in [3.8, 4) is 11.1 Å². The summed E-state index contributed by atoms with van der Waals surface area (Å²) in [7, 11) is 0. The minimum Gasteiger partial charge on any atom is -0.330 e. The second kappa shape index (κ2) is 5.13. The summed E-state index contributed by atoms with van der Waals surface area (Å²) in [6.45, 7) is 2.49. The fourth-order valence-corrected chi connectivity index (χ4v) is 3.61. The minimum atomic E-state index is -0.219. The molecule has 3 aromatic rings. The number of H-pyrrole nitrogens is 1. The number of nitrogens with one attached hydrogen (secondary N) is 1. The Bertz CT molecular complexity index is 874. The van der Waals surface area contributed by atoms with E-state index in [4.69, 9.17) is 5.73 Å². The molecule has 0 aliphatic heterocycles. The molecule has 118 valence electrons. The first kappa shape index (κ1) is 14.3. The molecule has 0 radical (unpaired) electrons. The number of rotatable bonds is 3. The first-order chi connectivity index (χ1) is 11.1. The van der Waals surface area contributed by atoms with Crippen LogP contribution in [0.15, 0.2) is 30.5 Å². The van der Waals surface area contributed by atoms with Gasteiger partial charge in [0.05, 0.1) is 5.69 Å². The van der Waals surface area contributed by atoms with E-state index in [-0.39, 0.29) is 11.2 Å². The lowest BCUT2D eigenvalue weighted by molar-refractivity contribution is 0.252. The molecule has 0 bridgehead atoms. The number of nitrogens with zero attached hydrogens (tertiary/aromatic N) is 2. The molecule has 23 heavy (non-hydrogen) atoms. The van der Waals surface area contributed by atoms with Crippen molar-refractivity contribution in [2.75, 3.05) is 6.54 Å². The highest BCUT2D eigenvalue weighted by Gasteiger charge is 2.37. The highest BCUT2D eigenvalue weighted by Crippen LogP contribution is 2.44. The van der Waals surface area contributed by atoms with E-state index < -0.39 is 0 Å². The quantitative estimate of drug-likeness (QED) is 0.778. The summed E-state index contributed by atoms with van der Waals surface area (Å²) in [4.78, 5) is 4.29. The Hall–Kier alpha value is -2.27. The van der Waals surface area contributed by atoms with Crippen molar-refractivity contribution in [2.24, 2.45) is 5.73 Å². The predicted molar refractivity (Wildman–Crippen MR) is 88.6 cm³/mol. The molecular formula is C18H19FN4. The van der Waals surface area contributed by atoms with Gasteiger partial charge in [-0.1, -0.05) is 12.5 Å². The molecule has 1 aliphatic rings. The van der Waals surface area contributed by atoms with Gasteiger partial charge in [-0.25, -0.2) is 9.37 Å². The molecule has 2 aromatic heterocycles. The van der Waals surface area contributed by atoms with E-state index in [0.29, 0.717) is 6.54 Å². The third-order valence-electron chi connectivity index (χ3n) is 5.16. The number of aryl methyl sites for hydroxylation is 1. The average Bonchev–Trinajstić information content (AvgIpc) is 2.88. The number of hydrogen-bond acceptors (Lipinski definition) is 3. The maximum absolute atomic E-state index is 14.3. The van der Waals surface area contributed by atoms with E-state index in [0.717, 1.165) is 52.7 Å². The molecule has 0 saturated heterocycles. The molecule has 3 N–H and O–H groups in total. The van der Waals surface area contributed by atoms with Gasteiger partial charge in [-0.2, -0.15) is 5.10 Å². The average molecular weight is 310 g/mol. The van der Waals surface area contributed by atoms with E-state index in [1.807, 2.05) is 13.0 Å². The zero-order valence-corrected chi connectivity index (χ0v) is 13.1. The molecule has 1 fully saturated rings. The van der Waals surface area contributed by atoms with Gasteiger partial charge in [-0.05, 0) is 54.7 Å². The summed E-state index contributed by atoms with van der Waals surface area (Å²) in [6, 6.07) is 7.21. The van der Waals surface area contributed by atoms with Crippen LogP contribution in [0.1, 0.15) is 30.5 Å². The summed E-state index contributed by atoms with van der Waals surface area (Å²) >= 11 is 0. The number of aromatic amines is 1. The first-order valence-electron chi connectivity index (χ1n) is 7.94. The Labute approximate surface area is 133 Å². The van der Waals surface area contributed by atoms with Crippen LogP contribution < -0.4 is 5.73 Å². The van der Waals surface area contributed by atoms with Crippen LogP contribution in [0.2, 0.25) is 0 Å². The van der Waals surface area contributed by atoms with Gasteiger partial charge in [-0.15, -0.1) is 0 Å². The third-order valence-corrected chi connectivity index (χ3v) is 5.16. The van der Waals surface area contributed by atoms with Gasteiger partial charge >= 0.3 is 0 Å². The van der Waals surface area contributed by atoms with Crippen LogP contribution in [0, 0.1) is 12.7 Å². The van der Waals surface area contributed by atoms with E-state index in [1.54, 1.807) is 18.3 Å². The van der Waals surface area contributed by atoms with Gasteiger partial charge in [0.15, 0.2) is 5.65 Å². The molecule has 0 spiro atoms. The standard InChI is InChI=1S/C18H19FN4/c1-11-16-15(3-6-21-17(16)23-22-11)12-7-13(9-14(19)8-12)18(10-20)4-2-5-18/h3,6-9H,2,4-5,10,20H2,1H3,(H,21,22,23). The molecule has 0 amide bonds. The number of benzene rings is 1. The van der Waals surface area contributed by atoms with Gasteiger partial charge in [-0.3, -0.25) is 5.10 Å². The summed E-state index contributed by atoms with van der Waals surface area (Å²) < 4.78 is 14.3. The van der Waals surface area contributed by atoms with Crippen LogP contribution >= 0.6 is 0 Å². The monoisotopic (exact) mass is 310 g/mol. The molecule has 4 rings (SSSR count). The van der Waals surface area contributed by atoms with Crippen LogP contribution in [0.4, 0.5) is 4.39 Å². The largest absolute Gasteiger partial charge is 0.330 e. The lowest BCUT2D eigenvalue weighted by atomic mass is 9.64. The fraction of sp³-hybridized carbons (Fsp3) is 0.333. The van der Waals surface area contributed by atoms with E-state index in [2.05, 4.69) is 21.2 Å². The van der Waals surface area contributed by atoms with Gasteiger partial charge < -0.3 is 5.73 Å². The predicted octanol–water partition coefficient (Wildman–Crippen LogP) is 3.45. The normalized spacial score (nSPS) is 16.5. The van der Waals surface area contributed by atoms with E-state index in [9.17, 15) is 4.39 Å². The molecule has 2 heterocycles. The van der Waals surface area contributed by atoms with Crippen LogP contribution in [0.3, 0.4) is 0 Å². The Morgan fingerprint density at radius 2 is 2.13 bits per heavy atom. The lowest BCUT2D eigenvalue weighted by Gasteiger charge is -2.41. The molecule has 1 aromatic carbocycles. The summed E-state index contributed by atoms with van der Waals surface area (Å²) in [6.07, 6.45) is 4.94. The maximum Gasteiger partial charge on any atom is 0.155 e. The summed E-state index contributed by atoms with van der Waals surface area (Å²) in [5, 5.41) is 8.08. The van der Waals surface area contributed by atoms with Crippen molar-refractivity contribution < 1.29 is 4.39 Å². The molecule has 1 saturated carbocycles. The smallest absolute Gasteiger partial charge is 0.155 e.